The van der Waals surface area contributed by atoms with Crippen molar-refractivity contribution in [2.24, 2.45) is 0 Å². The molecule has 216 valence electrons. The topological polar surface area (TPSA) is 109 Å². The van der Waals surface area contributed by atoms with Gasteiger partial charge < -0.3 is 48.4 Å². The lowest BCUT2D eigenvalue weighted by Gasteiger charge is -2.09. The van der Waals surface area contributed by atoms with Gasteiger partial charge in [-0.05, 0) is 30.7 Å². The predicted octanol–water partition coefficient (Wildman–Crippen LogP) is 2.97. The summed E-state index contributed by atoms with van der Waals surface area (Å²) in [6.45, 7) is 11.6. The summed E-state index contributed by atoms with van der Waals surface area (Å²) in [5.41, 5.74) is 6.35. The largest absolute Gasteiger partial charge is 0.491 e. The van der Waals surface area contributed by atoms with E-state index in [-0.39, 0.29) is 0 Å². The van der Waals surface area contributed by atoms with Crippen LogP contribution in [0, 0.1) is 0 Å². The molecule has 10 nitrogen and oxygen atoms in total. The van der Waals surface area contributed by atoms with Crippen LogP contribution in [0.4, 0.5) is 5.69 Å². The van der Waals surface area contributed by atoms with Crippen molar-refractivity contribution in [3.05, 3.63) is 24.3 Å². The third kappa shape index (κ3) is 24.6. The van der Waals surface area contributed by atoms with Crippen molar-refractivity contribution in [2.45, 2.75) is 26.2 Å². The summed E-state index contributed by atoms with van der Waals surface area (Å²) < 4.78 is 49.2. The van der Waals surface area contributed by atoms with E-state index in [4.69, 9.17) is 48.4 Å². The normalized spacial score (nSPS) is 11.3. The average molecular weight is 532 g/mol. The number of unbranched alkanes of at least 4 members (excludes halogenated alkanes) is 2. The monoisotopic (exact) mass is 531 g/mol. The first-order valence-electron chi connectivity index (χ1n) is 13.4. The molecule has 37 heavy (non-hydrogen) atoms. The Morgan fingerprint density at radius 2 is 0.757 bits per heavy atom. The number of ether oxygens (including phenoxy) is 9. The first-order valence-corrected chi connectivity index (χ1v) is 13.4. The van der Waals surface area contributed by atoms with Crippen LogP contribution in [0.15, 0.2) is 24.3 Å². The van der Waals surface area contributed by atoms with E-state index in [0.29, 0.717) is 111 Å². The van der Waals surface area contributed by atoms with Crippen molar-refractivity contribution in [3.8, 4) is 5.75 Å². The van der Waals surface area contributed by atoms with Crippen LogP contribution in [-0.2, 0) is 37.9 Å². The van der Waals surface area contributed by atoms with Crippen LogP contribution in [0.5, 0.6) is 5.75 Å². The number of rotatable bonds is 29. The lowest BCUT2D eigenvalue weighted by molar-refractivity contribution is -0.0236. The molecule has 0 aliphatic carbocycles. The minimum absolute atomic E-state index is 0.483. The Morgan fingerprint density at radius 3 is 1.11 bits per heavy atom. The van der Waals surface area contributed by atoms with Crippen LogP contribution >= 0.6 is 0 Å². The molecular weight excluding hydrogens is 482 g/mol. The molecule has 0 aliphatic rings. The number of hydrogen-bond donors (Lipinski definition) is 1. The van der Waals surface area contributed by atoms with Gasteiger partial charge in [0.05, 0.1) is 99.1 Å². The van der Waals surface area contributed by atoms with Crippen LogP contribution in [0.25, 0.3) is 0 Å². The Bertz CT molecular complexity index is 578. The molecular formula is C27H49NO9. The highest BCUT2D eigenvalue weighted by atomic mass is 16.6. The number of nitrogen functional groups attached to an aromatic ring is 1. The summed E-state index contributed by atoms with van der Waals surface area (Å²) in [7, 11) is 0. The van der Waals surface area contributed by atoms with Gasteiger partial charge in [-0.3, -0.25) is 0 Å². The summed E-state index contributed by atoms with van der Waals surface area (Å²) in [4.78, 5) is 0. The first-order chi connectivity index (χ1) is 18.3. The average Bonchev–Trinajstić information content (AvgIpc) is 2.91. The van der Waals surface area contributed by atoms with Gasteiger partial charge in [-0.25, -0.2) is 0 Å². The van der Waals surface area contributed by atoms with Crippen molar-refractivity contribution in [1.82, 2.24) is 0 Å². The highest BCUT2D eigenvalue weighted by Gasteiger charge is 1.96. The van der Waals surface area contributed by atoms with E-state index in [1.54, 1.807) is 12.1 Å². The zero-order valence-electron chi connectivity index (χ0n) is 22.7. The molecule has 1 aromatic carbocycles. The molecule has 0 amide bonds. The van der Waals surface area contributed by atoms with Crippen molar-refractivity contribution < 1.29 is 42.6 Å². The van der Waals surface area contributed by atoms with Crippen molar-refractivity contribution in [3.63, 3.8) is 0 Å². The van der Waals surface area contributed by atoms with Gasteiger partial charge in [0.25, 0.3) is 0 Å². The summed E-state index contributed by atoms with van der Waals surface area (Å²) in [5.74, 6) is 0.778. The number of anilines is 1. The molecule has 0 unspecified atom stereocenters. The summed E-state index contributed by atoms with van der Waals surface area (Å²) in [5, 5.41) is 0. The molecule has 0 saturated carbocycles. The molecule has 1 rings (SSSR count). The molecule has 0 aromatic heterocycles. The fourth-order valence-corrected chi connectivity index (χ4v) is 2.88. The third-order valence-electron chi connectivity index (χ3n) is 4.87. The first kappa shape index (κ1) is 33.5. The fourth-order valence-electron chi connectivity index (χ4n) is 2.88. The van der Waals surface area contributed by atoms with Crippen LogP contribution < -0.4 is 10.5 Å². The Kier molecular flexibility index (Phi) is 24.9. The van der Waals surface area contributed by atoms with Gasteiger partial charge >= 0.3 is 0 Å². The molecule has 0 fully saturated rings. The standard InChI is InChI=1S/C27H49NO9/c1-2-3-4-9-29-10-11-30-12-13-31-14-15-32-16-17-33-18-19-34-20-21-35-22-23-36-24-25-37-27-7-5-26(28)6-8-27/h5-8H,2-4,9-25,28H2,1H3. The Hall–Kier alpha value is -1.50. The van der Waals surface area contributed by atoms with Gasteiger partial charge in [0, 0.05) is 12.3 Å². The maximum atomic E-state index is 5.63. The van der Waals surface area contributed by atoms with Gasteiger partial charge in [0.1, 0.15) is 12.4 Å². The lowest BCUT2D eigenvalue weighted by Crippen LogP contribution is -2.15. The molecule has 0 heterocycles. The lowest BCUT2D eigenvalue weighted by atomic mass is 10.3. The molecule has 1 aromatic rings. The third-order valence-corrected chi connectivity index (χ3v) is 4.87. The Morgan fingerprint density at radius 1 is 0.432 bits per heavy atom. The van der Waals surface area contributed by atoms with Crippen LogP contribution in [0.2, 0.25) is 0 Å². The predicted molar refractivity (Wildman–Crippen MR) is 142 cm³/mol. The molecule has 10 heteroatoms. The van der Waals surface area contributed by atoms with E-state index < -0.39 is 0 Å². The van der Waals surface area contributed by atoms with Crippen LogP contribution in [-0.4, -0.2) is 112 Å². The molecule has 0 aliphatic heterocycles. The second-order valence-electron chi connectivity index (χ2n) is 8.02. The minimum Gasteiger partial charge on any atom is -0.491 e. The van der Waals surface area contributed by atoms with Gasteiger partial charge in [-0.15, -0.1) is 0 Å². The zero-order chi connectivity index (χ0) is 26.5. The highest BCUT2D eigenvalue weighted by Crippen LogP contribution is 2.12. The summed E-state index contributed by atoms with van der Waals surface area (Å²) in [6, 6.07) is 7.28. The van der Waals surface area contributed by atoms with Gasteiger partial charge in [0.2, 0.25) is 0 Å². The fraction of sp³-hybridized carbons (Fsp3) is 0.778. The quantitative estimate of drug-likeness (QED) is 0.122. The van der Waals surface area contributed by atoms with Crippen molar-refractivity contribution in [2.75, 3.05) is 118 Å². The minimum atomic E-state index is 0.483. The Labute approximate surface area is 222 Å². The molecule has 0 saturated heterocycles. The highest BCUT2D eigenvalue weighted by molar-refractivity contribution is 5.41. The summed E-state index contributed by atoms with van der Waals surface area (Å²) in [6.07, 6.45) is 3.55. The maximum Gasteiger partial charge on any atom is 0.119 e. The van der Waals surface area contributed by atoms with E-state index in [2.05, 4.69) is 6.92 Å². The van der Waals surface area contributed by atoms with Crippen molar-refractivity contribution in [1.29, 1.82) is 0 Å². The van der Waals surface area contributed by atoms with Gasteiger partial charge in [-0.2, -0.15) is 0 Å². The van der Waals surface area contributed by atoms with E-state index in [1.807, 2.05) is 12.1 Å². The van der Waals surface area contributed by atoms with E-state index >= 15 is 0 Å². The van der Waals surface area contributed by atoms with E-state index in [0.717, 1.165) is 18.8 Å². The number of hydrogen-bond acceptors (Lipinski definition) is 10. The second kappa shape index (κ2) is 27.5. The van der Waals surface area contributed by atoms with E-state index in [9.17, 15) is 0 Å². The van der Waals surface area contributed by atoms with Gasteiger partial charge in [-0.1, -0.05) is 19.8 Å². The molecule has 0 bridgehead atoms. The SMILES string of the molecule is CCCCCOCCOCCOCCOCCOCCOCCOCCOCCOc1ccc(N)cc1. The molecule has 0 spiro atoms. The van der Waals surface area contributed by atoms with Gasteiger partial charge in [0.15, 0.2) is 0 Å². The smallest absolute Gasteiger partial charge is 0.119 e. The van der Waals surface area contributed by atoms with Crippen molar-refractivity contribution >= 4 is 5.69 Å². The second-order valence-corrected chi connectivity index (χ2v) is 8.02. The van der Waals surface area contributed by atoms with Crippen LogP contribution in [0.3, 0.4) is 0 Å². The Balaban J connectivity index is 1.64. The molecule has 2 N–H and O–H groups in total. The zero-order valence-corrected chi connectivity index (χ0v) is 22.7. The summed E-state index contributed by atoms with van der Waals surface area (Å²) >= 11 is 0. The molecule has 0 radical (unpaired) electrons. The number of benzene rings is 1. The molecule has 0 atom stereocenters. The number of nitrogens with two attached hydrogens (primary N) is 1. The van der Waals surface area contributed by atoms with Crippen LogP contribution in [0.1, 0.15) is 26.2 Å². The maximum absolute atomic E-state index is 5.63. The van der Waals surface area contributed by atoms with E-state index in [1.165, 1.54) is 12.8 Å².